The topological polar surface area (TPSA) is 82.4 Å². The number of H-pyrrole nitrogens is 1. The summed E-state index contributed by atoms with van der Waals surface area (Å²) < 4.78 is 24.4. The molecule has 2 saturated heterocycles. The Labute approximate surface area is 153 Å². The Balaban J connectivity index is 1.48. The van der Waals surface area contributed by atoms with Gasteiger partial charge in [0.15, 0.2) is 0 Å². The fourth-order valence-electron chi connectivity index (χ4n) is 4.31. The van der Waals surface area contributed by atoms with Gasteiger partial charge >= 0.3 is 0 Å². The molecule has 0 aliphatic carbocycles. The van der Waals surface area contributed by atoms with Crippen molar-refractivity contribution in [2.45, 2.75) is 25.7 Å². The number of piperidine rings is 2. The second-order valence-electron chi connectivity index (χ2n) is 7.29. The number of rotatable bonds is 2. The molecule has 136 valence electrons. The number of nitrogens with two attached hydrogens (primary N) is 1. The Kier molecular flexibility index (Phi) is 4.22. The maximum atomic E-state index is 11.5. The third-order valence-electron chi connectivity index (χ3n) is 5.92. The third kappa shape index (κ3) is 3.26. The first-order chi connectivity index (χ1) is 11.9. The summed E-state index contributed by atoms with van der Waals surface area (Å²) >= 11 is 6.28. The summed E-state index contributed by atoms with van der Waals surface area (Å²) in [5.74, 6) is 0. The van der Waals surface area contributed by atoms with Gasteiger partial charge in [-0.05, 0) is 49.3 Å². The quantitative estimate of drug-likeness (QED) is 0.837. The molecule has 2 aliphatic heterocycles. The summed E-state index contributed by atoms with van der Waals surface area (Å²) in [6.07, 6.45) is 5.88. The van der Waals surface area contributed by atoms with Gasteiger partial charge in [-0.25, -0.2) is 5.14 Å². The lowest BCUT2D eigenvalue weighted by Gasteiger charge is -2.46. The fraction of sp³-hybridized carbons (Fsp3) is 0.529. The SMILES string of the molecule is NS(=O)(=O)N1CCC2(CCN(c3cc(Cl)cc4[nH]ccc34)CC2)CC1. The van der Waals surface area contributed by atoms with Crippen LogP contribution >= 0.6 is 11.6 Å². The van der Waals surface area contributed by atoms with Crippen LogP contribution in [0.4, 0.5) is 5.69 Å². The molecule has 3 heterocycles. The van der Waals surface area contributed by atoms with Gasteiger partial charge in [0.25, 0.3) is 10.2 Å². The standard InChI is InChI=1S/C17H23ClN4O2S/c18-13-11-15-14(1-6-20-15)16(12-13)21-7-2-17(3-8-21)4-9-22(10-5-17)25(19,23)24/h1,6,11-12,20H,2-5,7-10H2,(H2,19,23,24). The molecule has 2 aromatic rings. The molecule has 1 spiro atoms. The van der Waals surface area contributed by atoms with Crippen LogP contribution in [0.15, 0.2) is 24.4 Å². The normalized spacial score (nSPS) is 21.9. The van der Waals surface area contributed by atoms with Gasteiger partial charge in [0.1, 0.15) is 0 Å². The molecule has 0 amide bonds. The lowest BCUT2D eigenvalue weighted by atomic mass is 9.71. The molecule has 2 fully saturated rings. The smallest absolute Gasteiger partial charge is 0.276 e. The van der Waals surface area contributed by atoms with Crippen molar-refractivity contribution >= 4 is 38.4 Å². The highest BCUT2D eigenvalue weighted by Gasteiger charge is 2.39. The molecule has 3 N–H and O–H groups in total. The maximum Gasteiger partial charge on any atom is 0.276 e. The Hall–Kier alpha value is -1.28. The Bertz CT molecular complexity index is 877. The van der Waals surface area contributed by atoms with E-state index in [0.717, 1.165) is 49.3 Å². The number of nitrogens with zero attached hydrogens (tertiary/aromatic N) is 2. The number of halogens is 1. The fourth-order valence-corrected chi connectivity index (χ4v) is 5.22. The second kappa shape index (κ2) is 6.16. The minimum absolute atomic E-state index is 0.244. The predicted octanol–water partition coefficient (Wildman–Crippen LogP) is 2.71. The summed E-state index contributed by atoms with van der Waals surface area (Å²) in [7, 11) is -3.55. The summed E-state index contributed by atoms with van der Waals surface area (Å²) in [4.78, 5) is 5.63. The molecule has 1 aromatic carbocycles. The predicted molar refractivity (Wildman–Crippen MR) is 101 cm³/mol. The van der Waals surface area contributed by atoms with Gasteiger partial charge in [-0.2, -0.15) is 12.7 Å². The zero-order chi connectivity index (χ0) is 17.7. The highest BCUT2D eigenvalue weighted by atomic mass is 35.5. The van der Waals surface area contributed by atoms with Crippen molar-refractivity contribution in [3.05, 3.63) is 29.4 Å². The second-order valence-corrected chi connectivity index (χ2v) is 9.28. The lowest BCUT2D eigenvalue weighted by Crippen LogP contribution is -2.49. The number of benzene rings is 1. The molecule has 1 aromatic heterocycles. The van der Waals surface area contributed by atoms with E-state index in [0.29, 0.717) is 13.1 Å². The number of aromatic amines is 1. The first-order valence-corrected chi connectivity index (χ1v) is 10.5. The molecule has 2 aliphatic rings. The minimum Gasteiger partial charge on any atom is -0.371 e. The lowest BCUT2D eigenvalue weighted by molar-refractivity contribution is 0.119. The van der Waals surface area contributed by atoms with Gasteiger partial charge in [0, 0.05) is 54.0 Å². The van der Waals surface area contributed by atoms with E-state index in [1.54, 1.807) is 0 Å². The van der Waals surface area contributed by atoms with Crippen molar-refractivity contribution in [2.75, 3.05) is 31.1 Å². The largest absolute Gasteiger partial charge is 0.371 e. The van der Waals surface area contributed by atoms with E-state index < -0.39 is 10.2 Å². The molecule has 0 atom stereocenters. The monoisotopic (exact) mass is 382 g/mol. The Morgan fingerprint density at radius 1 is 1.08 bits per heavy atom. The van der Waals surface area contributed by atoms with E-state index in [4.69, 9.17) is 16.7 Å². The zero-order valence-electron chi connectivity index (χ0n) is 14.0. The molecular formula is C17H23ClN4O2S. The van der Waals surface area contributed by atoms with Crippen molar-refractivity contribution in [3.8, 4) is 0 Å². The summed E-state index contributed by atoms with van der Waals surface area (Å²) in [6.45, 7) is 3.02. The molecule has 0 unspecified atom stereocenters. The first-order valence-electron chi connectivity index (χ1n) is 8.66. The van der Waals surface area contributed by atoms with Crippen LogP contribution in [0, 0.1) is 5.41 Å². The van der Waals surface area contributed by atoms with Gasteiger partial charge in [-0.15, -0.1) is 0 Å². The summed E-state index contributed by atoms with van der Waals surface area (Å²) in [6, 6.07) is 6.09. The highest BCUT2D eigenvalue weighted by molar-refractivity contribution is 7.86. The van der Waals surface area contributed by atoms with Gasteiger partial charge < -0.3 is 9.88 Å². The van der Waals surface area contributed by atoms with Gasteiger partial charge in [-0.3, -0.25) is 0 Å². The summed E-state index contributed by atoms with van der Waals surface area (Å²) in [5.41, 5.74) is 2.48. The molecule has 0 bridgehead atoms. The summed E-state index contributed by atoms with van der Waals surface area (Å²) in [5, 5.41) is 7.20. The molecular weight excluding hydrogens is 360 g/mol. The van der Waals surface area contributed by atoms with E-state index in [1.807, 2.05) is 18.3 Å². The molecule has 6 nitrogen and oxygen atoms in total. The Morgan fingerprint density at radius 2 is 1.72 bits per heavy atom. The van der Waals surface area contributed by atoms with Crippen LogP contribution in [0.5, 0.6) is 0 Å². The number of anilines is 1. The molecule has 0 saturated carbocycles. The van der Waals surface area contributed by atoms with Crippen molar-refractivity contribution < 1.29 is 8.42 Å². The number of hydrogen-bond acceptors (Lipinski definition) is 3. The molecule has 25 heavy (non-hydrogen) atoms. The molecule has 8 heteroatoms. The van der Waals surface area contributed by atoms with E-state index in [2.05, 4.69) is 16.0 Å². The molecule has 0 radical (unpaired) electrons. The molecule has 4 rings (SSSR count). The average Bonchev–Trinajstić information content (AvgIpc) is 3.03. The van der Waals surface area contributed by atoms with Gasteiger partial charge in [0.2, 0.25) is 0 Å². The number of nitrogens with one attached hydrogen (secondary N) is 1. The van der Waals surface area contributed by atoms with E-state index in [1.165, 1.54) is 15.4 Å². The van der Waals surface area contributed by atoms with Crippen molar-refractivity contribution in [3.63, 3.8) is 0 Å². The number of hydrogen-bond donors (Lipinski definition) is 2. The highest BCUT2D eigenvalue weighted by Crippen LogP contribution is 2.43. The van der Waals surface area contributed by atoms with Crippen molar-refractivity contribution in [1.29, 1.82) is 0 Å². The number of aromatic nitrogens is 1. The third-order valence-corrected chi connectivity index (χ3v) is 7.22. The van der Waals surface area contributed by atoms with Crippen LogP contribution in [-0.2, 0) is 10.2 Å². The zero-order valence-corrected chi connectivity index (χ0v) is 15.6. The van der Waals surface area contributed by atoms with Gasteiger partial charge in [-0.1, -0.05) is 11.6 Å². The van der Waals surface area contributed by atoms with Crippen LogP contribution in [0.25, 0.3) is 10.9 Å². The van der Waals surface area contributed by atoms with Crippen LogP contribution in [0.3, 0.4) is 0 Å². The van der Waals surface area contributed by atoms with Crippen LogP contribution in [0.2, 0.25) is 5.02 Å². The van der Waals surface area contributed by atoms with Crippen LogP contribution in [0.1, 0.15) is 25.7 Å². The van der Waals surface area contributed by atoms with Crippen molar-refractivity contribution in [1.82, 2.24) is 9.29 Å². The first kappa shape index (κ1) is 17.1. The van der Waals surface area contributed by atoms with Crippen LogP contribution < -0.4 is 10.0 Å². The minimum atomic E-state index is -3.55. The van der Waals surface area contributed by atoms with E-state index in [-0.39, 0.29) is 5.41 Å². The average molecular weight is 383 g/mol. The van der Waals surface area contributed by atoms with Gasteiger partial charge in [0.05, 0.1) is 0 Å². The van der Waals surface area contributed by atoms with E-state index in [9.17, 15) is 8.42 Å². The van der Waals surface area contributed by atoms with Crippen LogP contribution in [-0.4, -0.2) is 43.9 Å². The van der Waals surface area contributed by atoms with Crippen molar-refractivity contribution in [2.24, 2.45) is 10.6 Å². The van der Waals surface area contributed by atoms with E-state index >= 15 is 0 Å². The number of fused-ring (bicyclic) bond motifs is 1. The Morgan fingerprint density at radius 3 is 2.36 bits per heavy atom. The maximum absolute atomic E-state index is 11.5.